The summed E-state index contributed by atoms with van der Waals surface area (Å²) in [7, 11) is 1.99. The molecule has 0 amide bonds. The lowest BCUT2D eigenvalue weighted by Crippen LogP contribution is -2.37. The third-order valence-corrected chi connectivity index (χ3v) is 8.80. The van der Waals surface area contributed by atoms with Crippen LogP contribution in [0.2, 0.25) is 0 Å². The van der Waals surface area contributed by atoms with Gasteiger partial charge in [-0.2, -0.15) is 0 Å². The number of likely N-dealkylation sites (tertiary alicyclic amines) is 1. The fourth-order valence-electron chi connectivity index (χ4n) is 6.85. The van der Waals surface area contributed by atoms with Crippen LogP contribution in [0.15, 0.2) is 36.4 Å². The molecule has 3 aromatic rings. The molecular weight excluding hydrogens is 462 g/mol. The second-order valence-corrected chi connectivity index (χ2v) is 11.2. The zero-order valence-corrected chi connectivity index (χ0v) is 22.0. The van der Waals surface area contributed by atoms with Gasteiger partial charge in [0.05, 0.1) is 17.3 Å². The largest absolute Gasteiger partial charge is 0.491 e. The smallest absolute Gasteiger partial charge is 0.335 e. The number of carboxylic acids is 1. The van der Waals surface area contributed by atoms with Gasteiger partial charge in [-0.3, -0.25) is 4.90 Å². The summed E-state index contributed by atoms with van der Waals surface area (Å²) < 4.78 is 9.07. The molecule has 0 spiro atoms. The van der Waals surface area contributed by atoms with Crippen molar-refractivity contribution < 1.29 is 14.6 Å². The second-order valence-electron chi connectivity index (χ2n) is 11.2. The first-order valence-electron chi connectivity index (χ1n) is 14.2. The third kappa shape index (κ3) is 4.66. The molecule has 3 aliphatic rings. The van der Waals surface area contributed by atoms with Gasteiger partial charge in [0, 0.05) is 35.1 Å². The lowest BCUT2D eigenvalue weighted by Gasteiger charge is -2.31. The molecule has 0 radical (unpaired) electrons. The minimum absolute atomic E-state index is 0.123. The maximum absolute atomic E-state index is 12.0. The molecule has 2 N–H and O–H groups in total. The van der Waals surface area contributed by atoms with Gasteiger partial charge in [-0.15, -0.1) is 0 Å². The predicted octanol–water partition coefficient (Wildman–Crippen LogP) is 6.02. The maximum atomic E-state index is 12.0. The number of piperidine rings is 1. The molecule has 1 atom stereocenters. The van der Waals surface area contributed by atoms with E-state index in [0.717, 1.165) is 43.0 Å². The Labute approximate surface area is 219 Å². The van der Waals surface area contributed by atoms with Crippen LogP contribution < -0.4 is 10.1 Å². The van der Waals surface area contributed by atoms with Gasteiger partial charge in [0.25, 0.3) is 0 Å². The molecule has 0 bridgehead atoms. The molecule has 1 saturated carbocycles. The van der Waals surface area contributed by atoms with Crippen LogP contribution in [-0.2, 0) is 13.1 Å². The number of carbonyl (C=O) groups is 1. The van der Waals surface area contributed by atoms with Gasteiger partial charge in [0.2, 0.25) is 0 Å². The van der Waals surface area contributed by atoms with E-state index in [9.17, 15) is 9.90 Å². The molecular formula is C31H39N3O3. The van der Waals surface area contributed by atoms with E-state index >= 15 is 0 Å². The van der Waals surface area contributed by atoms with Crippen LogP contribution in [0.4, 0.5) is 0 Å². The Hall–Kier alpha value is -2.83. The molecule has 6 nitrogen and oxygen atoms in total. The Bertz CT molecular complexity index is 1280. The average Bonchev–Trinajstić information content (AvgIpc) is 3.23. The number of nitrogens with zero attached hydrogens (tertiary/aromatic N) is 2. The van der Waals surface area contributed by atoms with E-state index in [4.69, 9.17) is 4.74 Å². The van der Waals surface area contributed by atoms with Crippen LogP contribution in [0.25, 0.3) is 22.2 Å². The number of rotatable bonds is 5. The summed E-state index contributed by atoms with van der Waals surface area (Å²) in [6, 6.07) is 12.5. The Kier molecular flexibility index (Phi) is 6.96. The summed E-state index contributed by atoms with van der Waals surface area (Å²) in [4.78, 5) is 14.5. The van der Waals surface area contributed by atoms with Crippen molar-refractivity contribution in [2.45, 2.75) is 76.4 Å². The first-order chi connectivity index (χ1) is 18.1. The van der Waals surface area contributed by atoms with Gasteiger partial charge in [0.15, 0.2) is 0 Å². The van der Waals surface area contributed by atoms with Crippen LogP contribution in [0.1, 0.15) is 78.8 Å². The van der Waals surface area contributed by atoms with E-state index in [2.05, 4.69) is 39.0 Å². The van der Waals surface area contributed by atoms with Gasteiger partial charge >= 0.3 is 5.97 Å². The number of para-hydroxylation sites is 1. The normalized spacial score (nSPS) is 21.1. The first-order valence-corrected chi connectivity index (χ1v) is 14.2. The highest BCUT2D eigenvalue weighted by Crippen LogP contribution is 2.47. The average molecular weight is 502 g/mol. The summed E-state index contributed by atoms with van der Waals surface area (Å²) in [5, 5.41) is 14.5. The van der Waals surface area contributed by atoms with Gasteiger partial charge in [-0.05, 0) is 75.5 Å². The Morgan fingerprint density at radius 2 is 1.84 bits per heavy atom. The molecule has 0 unspecified atom stereocenters. The molecule has 2 aromatic carbocycles. The second kappa shape index (κ2) is 10.5. The van der Waals surface area contributed by atoms with E-state index in [-0.39, 0.29) is 6.04 Å². The molecule has 6 heteroatoms. The van der Waals surface area contributed by atoms with Crippen molar-refractivity contribution in [3.8, 4) is 17.0 Å². The minimum Gasteiger partial charge on any atom is -0.491 e. The quantitative estimate of drug-likeness (QED) is 0.447. The Morgan fingerprint density at radius 1 is 1.05 bits per heavy atom. The number of benzene rings is 2. The Morgan fingerprint density at radius 3 is 2.59 bits per heavy atom. The van der Waals surface area contributed by atoms with Crippen molar-refractivity contribution in [2.75, 3.05) is 26.7 Å². The fraction of sp³-hybridized carbons (Fsp3) is 0.516. The molecule has 37 heavy (non-hydrogen) atoms. The number of hydrogen-bond acceptors (Lipinski definition) is 4. The molecule has 196 valence electrons. The number of fused-ring (bicyclic) bond motifs is 5. The lowest BCUT2D eigenvalue weighted by molar-refractivity contribution is 0.0697. The zero-order chi connectivity index (χ0) is 25.4. The molecule has 2 fully saturated rings. The SMILES string of the molecule is CN[C@H]1COc2c(CN3CCCCC3)cccc2-c2c(C3CCCCC3)c3ccc(C(=O)O)cc3n2C1. The van der Waals surface area contributed by atoms with Crippen molar-refractivity contribution in [3.63, 3.8) is 0 Å². The van der Waals surface area contributed by atoms with Gasteiger partial charge < -0.3 is 19.7 Å². The third-order valence-electron chi connectivity index (χ3n) is 8.80. The monoisotopic (exact) mass is 501 g/mol. The van der Waals surface area contributed by atoms with Crippen LogP contribution in [0, 0.1) is 0 Å². The van der Waals surface area contributed by atoms with E-state index in [1.165, 1.54) is 73.6 Å². The molecule has 3 heterocycles. The minimum atomic E-state index is -0.875. The van der Waals surface area contributed by atoms with Crippen molar-refractivity contribution in [2.24, 2.45) is 0 Å². The highest BCUT2D eigenvalue weighted by molar-refractivity contribution is 5.98. The molecule has 1 aliphatic carbocycles. The highest BCUT2D eigenvalue weighted by Gasteiger charge is 2.31. The summed E-state index contributed by atoms with van der Waals surface area (Å²) in [6.45, 7) is 4.53. The van der Waals surface area contributed by atoms with Crippen LogP contribution in [-0.4, -0.2) is 53.3 Å². The molecule has 6 rings (SSSR count). The standard InChI is InChI=1S/C31H39N3O3/c1-32-24-19-34-27-17-22(31(35)36)13-14-25(27)28(21-9-4-2-5-10-21)29(34)26-12-8-11-23(30(26)37-20-24)18-33-15-6-3-7-16-33/h8,11-14,17,21,24,32H,2-7,9-10,15-16,18-20H2,1H3,(H,35,36)/t24-/m1/s1. The van der Waals surface area contributed by atoms with E-state index in [1.54, 1.807) is 6.07 Å². The van der Waals surface area contributed by atoms with Crippen LogP contribution >= 0.6 is 0 Å². The van der Waals surface area contributed by atoms with Crippen molar-refractivity contribution in [1.29, 1.82) is 0 Å². The predicted molar refractivity (Wildman–Crippen MR) is 148 cm³/mol. The van der Waals surface area contributed by atoms with Crippen LogP contribution in [0.3, 0.4) is 0 Å². The van der Waals surface area contributed by atoms with Gasteiger partial charge in [-0.25, -0.2) is 4.79 Å². The first kappa shape index (κ1) is 24.5. The van der Waals surface area contributed by atoms with E-state index < -0.39 is 5.97 Å². The van der Waals surface area contributed by atoms with E-state index in [0.29, 0.717) is 18.1 Å². The van der Waals surface area contributed by atoms with Gasteiger partial charge in [0.1, 0.15) is 12.4 Å². The summed E-state index contributed by atoms with van der Waals surface area (Å²) in [5.74, 6) is 0.613. The highest BCUT2D eigenvalue weighted by atomic mass is 16.5. The lowest BCUT2D eigenvalue weighted by atomic mass is 9.81. The topological polar surface area (TPSA) is 66.7 Å². The zero-order valence-electron chi connectivity index (χ0n) is 22.0. The number of hydrogen-bond donors (Lipinski definition) is 2. The summed E-state index contributed by atoms with van der Waals surface area (Å²) in [5.41, 5.74) is 6.43. The Balaban J connectivity index is 1.58. The number of aromatic nitrogens is 1. The van der Waals surface area contributed by atoms with Gasteiger partial charge in [-0.1, -0.05) is 43.9 Å². The number of nitrogens with one attached hydrogen (secondary N) is 1. The van der Waals surface area contributed by atoms with Crippen molar-refractivity contribution in [1.82, 2.24) is 14.8 Å². The number of aromatic carboxylic acids is 1. The number of likely N-dealkylation sites (N-methyl/N-ethyl adjacent to an activating group) is 1. The maximum Gasteiger partial charge on any atom is 0.335 e. The van der Waals surface area contributed by atoms with E-state index in [1.807, 2.05) is 13.1 Å². The molecule has 1 aromatic heterocycles. The van der Waals surface area contributed by atoms with Crippen LogP contribution in [0.5, 0.6) is 5.75 Å². The van der Waals surface area contributed by atoms with Crippen molar-refractivity contribution in [3.05, 3.63) is 53.1 Å². The number of ether oxygens (including phenoxy) is 1. The number of carboxylic acid groups (broad SMARTS) is 1. The summed E-state index contributed by atoms with van der Waals surface area (Å²) in [6.07, 6.45) is 10.0. The fourth-order valence-corrected chi connectivity index (χ4v) is 6.85. The molecule has 2 aliphatic heterocycles. The summed E-state index contributed by atoms with van der Waals surface area (Å²) >= 11 is 0. The molecule has 1 saturated heterocycles. The van der Waals surface area contributed by atoms with Crippen molar-refractivity contribution >= 4 is 16.9 Å².